The highest BCUT2D eigenvalue weighted by Crippen LogP contribution is 2.20. The molecule has 0 saturated carbocycles. The summed E-state index contributed by atoms with van der Waals surface area (Å²) in [6.45, 7) is 7.49. The van der Waals surface area contributed by atoms with Gasteiger partial charge < -0.3 is 4.74 Å². The molecule has 192 valence electrons. The van der Waals surface area contributed by atoms with Crippen LogP contribution in [0.15, 0.2) is 0 Å². The minimum absolute atomic E-state index is 0.0439. The summed E-state index contributed by atoms with van der Waals surface area (Å²) in [4.78, 5) is 12.2. The average molecular weight is 453 g/mol. The van der Waals surface area contributed by atoms with Gasteiger partial charge in [-0.25, -0.2) is 0 Å². The Balaban J connectivity index is 3.84. The molecule has 0 aromatic heterocycles. The highest BCUT2D eigenvalue weighted by Gasteiger charge is 2.12. The lowest BCUT2D eigenvalue weighted by Gasteiger charge is -2.17. The number of carbonyl (C=O) groups is 1. The molecular formula is C30H60O2. The van der Waals surface area contributed by atoms with Crippen LogP contribution in [0.1, 0.15) is 175 Å². The topological polar surface area (TPSA) is 26.3 Å². The minimum atomic E-state index is 0.0439. The smallest absolute Gasteiger partial charge is 0.305 e. The summed E-state index contributed by atoms with van der Waals surface area (Å²) in [5, 5.41) is 0. The first-order valence-electron chi connectivity index (χ1n) is 14.9. The first-order chi connectivity index (χ1) is 15.7. The van der Waals surface area contributed by atoms with Gasteiger partial charge in [-0.15, -0.1) is 0 Å². The number of rotatable bonds is 26. The summed E-state index contributed by atoms with van der Waals surface area (Å²) in [5.41, 5.74) is 0. The molecule has 0 fully saturated rings. The molecule has 0 saturated heterocycles. The summed E-state index contributed by atoms with van der Waals surface area (Å²) < 4.78 is 5.72. The first-order valence-corrected chi connectivity index (χ1v) is 14.9. The molecule has 2 nitrogen and oxygen atoms in total. The van der Waals surface area contributed by atoms with Crippen molar-refractivity contribution < 1.29 is 9.53 Å². The van der Waals surface area contributed by atoms with E-state index in [0.29, 0.717) is 18.9 Å². The summed E-state index contributed by atoms with van der Waals surface area (Å²) in [6.07, 6.45) is 31.0. The minimum Gasteiger partial charge on any atom is -0.465 e. The Hall–Kier alpha value is -0.530. The molecule has 2 heteroatoms. The van der Waals surface area contributed by atoms with Crippen LogP contribution in [0.2, 0.25) is 0 Å². The number of ether oxygens (including phenoxy) is 1. The predicted molar refractivity (Wildman–Crippen MR) is 142 cm³/mol. The van der Waals surface area contributed by atoms with Gasteiger partial charge in [0.25, 0.3) is 0 Å². The second-order valence-corrected chi connectivity index (χ2v) is 10.2. The normalized spacial score (nSPS) is 12.2. The van der Waals surface area contributed by atoms with Gasteiger partial charge in [0.05, 0.1) is 6.61 Å². The Kier molecular flexibility index (Phi) is 26.3. The third-order valence-electron chi connectivity index (χ3n) is 6.90. The van der Waals surface area contributed by atoms with Crippen molar-refractivity contribution in [2.45, 2.75) is 175 Å². The van der Waals surface area contributed by atoms with Crippen molar-refractivity contribution in [2.24, 2.45) is 5.92 Å². The molecule has 0 amide bonds. The maximum atomic E-state index is 12.2. The third kappa shape index (κ3) is 24.1. The third-order valence-corrected chi connectivity index (χ3v) is 6.90. The zero-order valence-electron chi connectivity index (χ0n) is 22.6. The highest BCUT2D eigenvalue weighted by molar-refractivity contribution is 5.69. The molecule has 1 unspecified atom stereocenters. The molecule has 0 bridgehead atoms. The van der Waals surface area contributed by atoms with Crippen molar-refractivity contribution in [3.63, 3.8) is 0 Å². The van der Waals surface area contributed by atoms with E-state index in [1.165, 1.54) is 141 Å². The van der Waals surface area contributed by atoms with Crippen molar-refractivity contribution in [1.29, 1.82) is 0 Å². The standard InChI is InChI=1S/C30H60O2/c1-4-7-10-13-15-17-19-21-24-27-30(31)32-28-29(25-22-12-9-6-3)26-23-20-18-16-14-11-8-5-2/h29H,4-28H2,1-3H3. The van der Waals surface area contributed by atoms with Gasteiger partial charge in [0, 0.05) is 6.42 Å². The van der Waals surface area contributed by atoms with Gasteiger partial charge in [-0.05, 0) is 25.2 Å². The van der Waals surface area contributed by atoms with Gasteiger partial charge in [-0.2, -0.15) is 0 Å². The zero-order chi connectivity index (χ0) is 23.5. The lowest BCUT2D eigenvalue weighted by atomic mass is 9.95. The van der Waals surface area contributed by atoms with Crippen molar-refractivity contribution in [2.75, 3.05) is 6.61 Å². The lowest BCUT2D eigenvalue weighted by Crippen LogP contribution is -2.14. The summed E-state index contributed by atoms with van der Waals surface area (Å²) >= 11 is 0. The van der Waals surface area contributed by atoms with Gasteiger partial charge in [-0.1, -0.05) is 149 Å². The van der Waals surface area contributed by atoms with E-state index in [4.69, 9.17) is 4.74 Å². The molecule has 0 aromatic rings. The van der Waals surface area contributed by atoms with Crippen LogP contribution < -0.4 is 0 Å². The largest absolute Gasteiger partial charge is 0.465 e. The van der Waals surface area contributed by atoms with Gasteiger partial charge in [-0.3, -0.25) is 4.79 Å². The highest BCUT2D eigenvalue weighted by atomic mass is 16.5. The molecule has 0 aliphatic heterocycles. The van der Waals surface area contributed by atoms with Gasteiger partial charge >= 0.3 is 5.97 Å². The van der Waals surface area contributed by atoms with Crippen LogP contribution >= 0.6 is 0 Å². The summed E-state index contributed by atoms with van der Waals surface area (Å²) in [7, 11) is 0. The van der Waals surface area contributed by atoms with E-state index in [0.717, 1.165) is 6.42 Å². The Morgan fingerprint density at radius 1 is 0.500 bits per heavy atom. The van der Waals surface area contributed by atoms with Crippen molar-refractivity contribution >= 4 is 5.97 Å². The van der Waals surface area contributed by atoms with Gasteiger partial charge in [0.2, 0.25) is 0 Å². The molecule has 0 spiro atoms. The van der Waals surface area contributed by atoms with E-state index in [1.807, 2.05) is 0 Å². The molecule has 0 heterocycles. The van der Waals surface area contributed by atoms with E-state index < -0.39 is 0 Å². The molecule has 0 radical (unpaired) electrons. The fourth-order valence-corrected chi connectivity index (χ4v) is 4.60. The number of hydrogen-bond acceptors (Lipinski definition) is 2. The Morgan fingerprint density at radius 2 is 0.844 bits per heavy atom. The summed E-state index contributed by atoms with van der Waals surface area (Å²) in [6, 6.07) is 0. The van der Waals surface area contributed by atoms with Crippen molar-refractivity contribution in [3.05, 3.63) is 0 Å². The van der Waals surface area contributed by atoms with Crippen LogP contribution in [-0.4, -0.2) is 12.6 Å². The van der Waals surface area contributed by atoms with Gasteiger partial charge in [0.1, 0.15) is 0 Å². The Morgan fingerprint density at radius 3 is 1.28 bits per heavy atom. The monoisotopic (exact) mass is 452 g/mol. The Bertz CT molecular complexity index is 366. The van der Waals surface area contributed by atoms with E-state index in [9.17, 15) is 4.79 Å². The van der Waals surface area contributed by atoms with E-state index in [1.54, 1.807) is 0 Å². The first kappa shape index (κ1) is 31.5. The van der Waals surface area contributed by atoms with Crippen LogP contribution in [-0.2, 0) is 9.53 Å². The quantitative estimate of drug-likeness (QED) is 0.0963. The predicted octanol–water partition coefficient (Wildman–Crippen LogP) is 10.6. The van der Waals surface area contributed by atoms with Crippen LogP contribution in [0, 0.1) is 5.92 Å². The summed E-state index contributed by atoms with van der Waals surface area (Å²) in [5.74, 6) is 0.626. The SMILES string of the molecule is CCCCCCCCCCCC(=O)OCC(CCCCCC)CCCCCCCCCC. The van der Waals surface area contributed by atoms with E-state index >= 15 is 0 Å². The fraction of sp³-hybridized carbons (Fsp3) is 0.967. The maximum Gasteiger partial charge on any atom is 0.305 e. The fourth-order valence-electron chi connectivity index (χ4n) is 4.60. The molecule has 0 rings (SSSR count). The van der Waals surface area contributed by atoms with Crippen molar-refractivity contribution in [3.8, 4) is 0 Å². The number of carbonyl (C=O) groups excluding carboxylic acids is 1. The van der Waals surface area contributed by atoms with E-state index in [2.05, 4.69) is 20.8 Å². The maximum absolute atomic E-state index is 12.2. The van der Waals surface area contributed by atoms with E-state index in [-0.39, 0.29) is 5.97 Å². The van der Waals surface area contributed by atoms with Crippen LogP contribution in [0.4, 0.5) is 0 Å². The van der Waals surface area contributed by atoms with Crippen LogP contribution in [0.25, 0.3) is 0 Å². The second-order valence-electron chi connectivity index (χ2n) is 10.2. The van der Waals surface area contributed by atoms with Crippen LogP contribution in [0.3, 0.4) is 0 Å². The second kappa shape index (κ2) is 26.7. The molecule has 0 aliphatic carbocycles. The van der Waals surface area contributed by atoms with Gasteiger partial charge in [0.15, 0.2) is 0 Å². The number of unbranched alkanes of at least 4 members (excludes halogenated alkanes) is 18. The molecule has 0 N–H and O–H groups in total. The van der Waals surface area contributed by atoms with Crippen LogP contribution in [0.5, 0.6) is 0 Å². The average Bonchev–Trinajstić information content (AvgIpc) is 2.80. The Labute approximate surface area is 203 Å². The molecule has 0 aliphatic rings. The molecule has 0 aromatic carbocycles. The number of esters is 1. The number of hydrogen-bond donors (Lipinski definition) is 0. The lowest BCUT2D eigenvalue weighted by molar-refractivity contribution is -0.145. The zero-order valence-corrected chi connectivity index (χ0v) is 22.6. The van der Waals surface area contributed by atoms with Crippen molar-refractivity contribution in [1.82, 2.24) is 0 Å². The molecule has 1 atom stereocenters. The molecule has 32 heavy (non-hydrogen) atoms. The molecular weight excluding hydrogens is 392 g/mol.